The Labute approximate surface area is 48.8 Å². The summed E-state index contributed by atoms with van der Waals surface area (Å²) in [5.41, 5.74) is 16.2. The van der Waals surface area contributed by atoms with Crippen molar-refractivity contribution in [3.63, 3.8) is 0 Å². The van der Waals surface area contributed by atoms with Crippen molar-refractivity contribution in [3.05, 3.63) is 24.0 Å². The van der Waals surface area contributed by atoms with Crippen molar-refractivity contribution in [2.45, 2.75) is 0 Å². The van der Waals surface area contributed by atoms with Crippen molar-refractivity contribution >= 4 is 0 Å². The summed E-state index contributed by atoms with van der Waals surface area (Å²) in [7, 11) is 0. The third-order valence-corrected chi connectivity index (χ3v) is 0.760. The van der Waals surface area contributed by atoms with Gasteiger partial charge in [0.05, 0.1) is 0 Å². The van der Waals surface area contributed by atoms with Gasteiger partial charge in [-0.25, -0.2) is 0 Å². The van der Waals surface area contributed by atoms with E-state index in [9.17, 15) is 0 Å². The van der Waals surface area contributed by atoms with E-state index in [-0.39, 0.29) is 0 Å². The normalized spacial score (nSPS) is 12.9. The Morgan fingerprint density at radius 3 is 2.12 bits per heavy atom. The Kier molecular flexibility index (Phi) is 3.70. The van der Waals surface area contributed by atoms with Crippen molar-refractivity contribution in [2.24, 2.45) is 17.2 Å². The molecule has 8 heavy (non-hydrogen) atoms. The first kappa shape index (κ1) is 7.04. The summed E-state index contributed by atoms with van der Waals surface area (Å²) >= 11 is 0. The Bertz CT molecular complexity index is 101. The van der Waals surface area contributed by atoms with Crippen molar-refractivity contribution in [3.8, 4) is 0 Å². The first-order valence-electron chi connectivity index (χ1n) is 2.34. The molecule has 6 N–H and O–H groups in total. The quantitative estimate of drug-likeness (QED) is 0.413. The van der Waals surface area contributed by atoms with Crippen LogP contribution >= 0.6 is 0 Å². The van der Waals surface area contributed by atoms with Gasteiger partial charge >= 0.3 is 0 Å². The zero-order valence-electron chi connectivity index (χ0n) is 4.67. The third kappa shape index (κ3) is 2.25. The molecule has 0 atom stereocenters. The first-order chi connectivity index (χ1) is 3.85. The Balaban J connectivity index is 3.72. The fraction of sp³-hybridized carbons (Fsp3) is 0.200. The summed E-state index contributed by atoms with van der Waals surface area (Å²) in [6.45, 7) is 0.435. The highest BCUT2D eigenvalue weighted by molar-refractivity contribution is 5.17. The zero-order valence-corrected chi connectivity index (χ0v) is 4.67. The van der Waals surface area contributed by atoms with E-state index in [0.29, 0.717) is 6.54 Å². The van der Waals surface area contributed by atoms with Crippen LogP contribution in [0.3, 0.4) is 0 Å². The number of nitrogens with two attached hydrogens (primary N) is 3. The van der Waals surface area contributed by atoms with Gasteiger partial charge in [-0.2, -0.15) is 0 Å². The minimum atomic E-state index is 0.435. The van der Waals surface area contributed by atoms with Gasteiger partial charge in [0.15, 0.2) is 0 Å². The molecule has 0 saturated carbocycles. The maximum Gasteiger partial charge on any atom is 0.0192 e. The number of hydrogen-bond donors (Lipinski definition) is 3. The van der Waals surface area contributed by atoms with Crippen LogP contribution in [0.5, 0.6) is 0 Å². The molecule has 0 unspecified atom stereocenters. The third-order valence-electron chi connectivity index (χ3n) is 0.760. The maximum absolute atomic E-state index is 5.21. The van der Waals surface area contributed by atoms with E-state index in [0.717, 1.165) is 5.57 Å². The molecule has 0 amide bonds. The summed E-state index contributed by atoms with van der Waals surface area (Å²) in [4.78, 5) is 0. The van der Waals surface area contributed by atoms with Crippen LogP contribution in [0.2, 0.25) is 0 Å². The van der Waals surface area contributed by atoms with E-state index in [4.69, 9.17) is 17.2 Å². The Morgan fingerprint density at radius 1 is 1.38 bits per heavy atom. The van der Waals surface area contributed by atoms with Crippen molar-refractivity contribution < 1.29 is 0 Å². The van der Waals surface area contributed by atoms with Gasteiger partial charge in [-0.15, -0.1) is 0 Å². The van der Waals surface area contributed by atoms with E-state index >= 15 is 0 Å². The van der Waals surface area contributed by atoms with E-state index in [1.165, 1.54) is 12.4 Å². The SMILES string of the molecule is N/C=C\C(=C/N)CN. The molecule has 0 bridgehead atoms. The number of hydrogen-bond acceptors (Lipinski definition) is 3. The standard InChI is InChI=1S/C5H11N3/c6-2-1-5(3-7)4-8/h1-3H,4,6-8H2/b2-1-,5-3+. The van der Waals surface area contributed by atoms with Crippen LogP contribution in [0.25, 0.3) is 0 Å². The van der Waals surface area contributed by atoms with Crippen molar-refractivity contribution in [1.82, 2.24) is 0 Å². The minimum Gasteiger partial charge on any atom is -0.405 e. The highest BCUT2D eigenvalue weighted by atomic mass is 14.6. The molecule has 0 rings (SSSR count). The van der Waals surface area contributed by atoms with Crippen LogP contribution < -0.4 is 17.2 Å². The van der Waals surface area contributed by atoms with Crippen LogP contribution in [0.1, 0.15) is 0 Å². The molecule has 0 aromatic carbocycles. The van der Waals surface area contributed by atoms with Gasteiger partial charge in [0, 0.05) is 6.54 Å². The van der Waals surface area contributed by atoms with Gasteiger partial charge < -0.3 is 17.2 Å². The van der Waals surface area contributed by atoms with E-state index < -0.39 is 0 Å². The molecular formula is C5H11N3. The van der Waals surface area contributed by atoms with Crippen molar-refractivity contribution in [2.75, 3.05) is 6.54 Å². The van der Waals surface area contributed by atoms with Gasteiger partial charge in [-0.3, -0.25) is 0 Å². The topological polar surface area (TPSA) is 78.1 Å². The predicted molar refractivity (Wildman–Crippen MR) is 34.7 cm³/mol. The molecule has 0 fully saturated rings. The fourth-order valence-corrected chi connectivity index (χ4v) is 0.315. The van der Waals surface area contributed by atoms with E-state index in [1.807, 2.05) is 0 Å². The van der Waals surface area contributed by atoms with Gasteiger partial charge in [0.25, 0.3) is 0 Å². The summed E-state index contributed by atoms with van der Waals surface area (Å²) in [5, 5.41) is 0. The molecular weight excluding hydrogens is 102 g/mol. The summed E-state index contributed by atoms with van der Waals surface area (Å²) in [5.74, 6) is 0. The summed E-state index contributed by atoms with van der Waals surface area (Å²) in [6, 6.07) is 0. The molecule has 3 nitrogen and oxygen atoms in total. The highest BCUT2D eigenvalue weighted by Gasteiger charge is 1.80. The summed E-state index contributed by atoms with van der Waals surface area (Å²) in [6.07, 6.45) is 4.51. The molecule has 0 aromatic rings. The molecule has 0 radical (unpaired) electrons. The average molecular weight is 113 g/mol. The lowest BCUT2D eigenvalue weighted by Crippen LogP contribution is -2.03. The molecule has 0 aromatic heterocycles. The maximum atomic E-state index is 5.21. The predicted octanol–water partition coefficient (Wildman–Crippen LogP) is -0.740. The zero-order chi connectivity index (χ0) is 6.41. The summed E-state index contributed by atoms with van der Waals surface area (Å²) < 4.78 is 0. The lowest BCUT2D eigenvalue weighted by molar-refractivity contribution is 1.17. The molecule has 0 aliphatic heterocycles. The van der Waals surface area contributed by atoms with Gasteiger partial charge in [0.2, 0.25) is 0 Å². The average Bonchev–Trinajstić information content (AvgIpc) is 1.83. The van der Waals surface area contributed by atoms with Gasteiger partial charge in [-0.05, 0) is 24.0 Å². The van der Waals surface area contributed by atoms with Crippen LogP contribution in [0.15, 0.2) is 24.0 Å². The lowest BCUT2D eigenvalue weighted by atomic mass is 10.3. The highest BCUT2D eigenvalue weighted by Crippen LogP contribution is 1.86. The Morgan fingerprint density at radius 2 is 2.00 bits per heavy atom. The molecule has 0 saturated heterocycles. The van der Waals surface area contributed by atoms with Gasteiger partial charge in [0.1, 0.15) is 0 Å². The molecule has 3 heteroatoms. The minimum absolute atomic E-state index is 0.435. The Hall–Kier alpha value is -0.960. The van der Waals surface area contributed by atoms with E-state index in [2.05, 4.69) is 0 Å². The largest absolute Gasteiger partial charge is 0.405 e. The van der Waals surface area contributed by atoms with Gasteiger partial charge in [-0.1, -0.05) is 0 Å². The fourth-order valence-electron chi connectivity index (χ4n) is 0.315. The van der Waals surface area contributed by atoms with Crippen molar-refractivity contribution in [1.29, 1.82) is 0 Å². The first-order valence-corrected chi connectivity index (χ1v) is 2.34. The smallest absolute Gasteiger partial charge is 0.0192 e. The monoisotopic (exact) mass is 113 g/mol. The lowest BCUT2D eigenvalue weighted by Gasteiger charge is -1.90. The van der Waals surface area contributed by atoms with Crippen LogP contribution in [-0.4, -0.2) is 6.54 Å². The molecule has 0 aliphatic carbocycles. The molecule has 46 valence electrons. The second kappa shape index (κ2) is 4.21. The van der Waals surface area contributed by atoms with Crippen LogP contribution in [0, 0.1) is 0 Å². The molecule has 0 heterocycles. The van der Waals surface area contributed by atoms with Crippen LogP contribution in [0.4, 0.5) is 0 Å². The second-order valence-electron chi connectivity index (χ2n) is 1.30. The molecule has 0 spiro atoms. The second-order valence-corrected chi connectivity index (χ2v) is 1.30. The molecule has 0 aliphatic rings. The van der Waals surface area contributed by atoms with E-state index in [1.54, 1.807) is 6.08 Å². The van der Waals surface area contributed by atoms with Crippen LogP contribution in [-0.2, 0) is 0 Å². The number of rotatable bonds is 2.